The number of ether oxygens (including phenoxy) is 2. The highest BCUT2D eigenvalue weighted by atomic mass is 16.5. The zero-order chi connectivity index (χ0) is 21.7. The molecule has 0 aromatic carbocycles. The van der Waals surface area contributed by atoms with Gasteiger partial charge in [0.15, 0.2) is 5.96 Å². The maximum atomic E-state index is 12.0. The summed E-state index contributed by atoms with van der Waals surface area (Å²) in [5, 5.41) is 6.96. The maximum absolute atomic E-state index is 12.0. The predicted molar refractivity (Wildman–Crippen MR) is 121 cm³/mol. The fourth-order valence-corrected chi connectivity index (χ4v) is 4.19. The number of amides is 1. The van der Waals surface area contributed by atoms with Crippen molar-refractivity contribution in [1.82, 2.24) is 20.4 Å². The number of carbonyl (C=O) groups is 1. The molecule has 0 aromatic rings. The van der Waals surface area contributed by atoms with Crippen molar-refractivity contribution in [2.45, 2.75) is 45.4 Å². The smallest absolute Gasteiger partial charge is 0.243 e. The molecule has 0 spiro atoms. The van der Waals surface area contributed by atoms with Crippen molar-refractivity contribution >= 4 is 11.9 Å². The summed E-state index contributed by atoms with van der Waals surface area (Å²) in [7, 11) is 3.53. The van der Waals surface area contributed by atoms with Crippen LogP contribution in [-0.4, -0.2) is 101 Å². The van der Waals surface area contributed by atoms with Crippen LogP contribution < -0.4 is 10.6 Å². The second-order valence-electron chi connectivity index (χ2n) is 8.73. The molecule has 2 rings (SSSR count). The summed E-state index contributed by atoms with van der Waals surface area (Å²) in [6, 6.07) is 0. The molecule has 1 aliphatic carbocycles. The van der Waals surface area contributed by atoms with Crippen LogP contribution in [0.2, 0.25) is 0 Å². The summed E-state index contributed by atoms with van der Waals surface area (Å²) in [5.41, 5.74) is 0.259. The van der Waals surface area contributed by atoms with Gasteiger partial charge in [-0.05, 0) is 26.2 Å². The minimum atomic E-state index is 0.00566. The maximum Gasteiger partial charge on any atom is 0.243 e. The third kappa shape index (κ3) is 9.18. The molecular weight excluding hydrogens is 382 g/mol. The molecule has 1 amide bonds. The highest BCUT2D eigenvalue weighted by molar-refractivity contribution is 5.84. The van der Waals surface area contributed by atoms with E-state index in [-0.39, 0.29) is 17.9 Å². The lowest BCUT2D eigenvalue weighted by Crippen LogP contribution is -2.51. The Morgan fingerprint density at radius 2 is 1.90 bits per heavy atom. The SMILES string of the molecule is CCOCCCNC(=NCC(=O)N(C)C)NCC1(CN2CCOCC2)CCCCC1. The van der Waals surface area contributed by atoms with E-state index in [9.17, 15) is 4.79 Å². The molecule has 1 heterocycles. The molecule has 1 saturated carbocycles. The monoisotopic (exact) mass is 425 g/mol. The number of likely N-dealkylation sites (N-methyl/N-ethyl adjacent to an activating group) is 1. The third-order valence-electron chi connectivity index (χ3n) is 6.04. The Bertz CT molecular complexity index is 515. The summed E-state index contributed by atoms with van der Waals surface area (Å²) in [4.78, 5) is 20.7. The second kappa shape index (κ2) is 13.8. The van der Waals surface area contributed by atoms with Crippen molar-refractivity contribution in [3.8, 4) is 0 Å². The molecule has 2 N–H and O–H groups in total. The number of hydrogen-bond donors (Lipinski definition) is 2. The highest BCUT2D eigenvalue weighted by Gasteiger charge is 2.34. The molecule has 0 atom stereocenters. The number of rotatable bonds is 11. The van der Waals surface area contributed by atoms with Crippen LogP contribution in [0.25, 0.3) is 0 Å². The Hall–Kier alpha value is -1.38. The predicted octanol–water partition coefficient (Wildman–Crippen LogP) is 1.32. The van der Waals surface area contributed by atoms with Gasteiger partial charge in [0.05, 0.1) is 13.2 Å². The largest absolute Gasteiger partial charge is 0.382 e. The minimum Gasteiger partial charge on any atom is -0.382 e. The van der Waals surface area contributed by atoms with Crippen LogP contribution in [0.1, 0.15) is 45.4 Å². The first-order valence-corrected chi connectivity index (χ1v) is 11.6. The van der Waals surface area contributed by atoms with Crippen molar-refractivity contribution in [2.75, 3.05) is 79.8 Å². The van der Waals surface area contributed by atoms with Crippen LogP contribution in [0.4, 0.5) is 0 Å². The summed E-state index contributed by atoms with van der Waals surface area (Å²) in [6.07, 6.45) is 7.31. The molecule has 174 valence electrons. The Morgan fingerprint density at radius 1 is 1.17 bits per heavy atom. The van der Waals surface area contributed by atoms with Crippen molar-refractivity contribution in [2.24, 2.45) is 10.4 Å². The standard InChI is InChI=1S/C22H43N5O3/c1-4-29-14-8-11-23-21(24-17-20(28)26(2)3)25-18-22(9-6-5-7-10-22)19-27-12-15-30-16-13-27/h4-19H2,1-3H3,(H2,23,24,25). The lowest BCUT2D eigenvalue weighted by atomic mass is 9.73. The zero-order valence-corrected chi connectivity index (χ0v) is 19.4. The topological polar surface area (TPSA) is 78.4 Å². The van der Waals surface area contributed by atoms with Crippen LogP contribution in [0, 0.1) is 5.41 Å². The van der Waals surface area contributed by atoms with Crippen molar-refractivity contribution in [3.05, 3.63) is 0 Å². The van der Waals surface area contributed by atoms with Gasteiger partial charge in [-0.3, -0.25) is 9.69 Å². The number of nitrogens with one attached hydrogen (secondary N) is 2. The number of guanidine groups is 1. The fraction of sp³-hybridized carbons (Fsp3) is 0.909. The molecular formula is C22H43N5O3. The van der Waals surface area contributed by atoms with Gasteiger partial charge in [-0.2, -0.15) is 0 Å². The molecule has 0 aromatic heterocycles. The van der Waals surface area contributed by atoms with Gasteiger partial charge in [0, 0.05) is 65.4 Å². The van der Waals surface area contributed by atoms with Crippen molar-refractivity contribution in [3.63, 3.8) is 0 Å². The molecule has 0 unspecified atom stereocenters. The average molecular weight is 426 g/mol. The molecule has 1 saturated heterocycles. The first kappa shape index (κ1) is 24.9. The summed E-state index contributed by atoms with van der Waals surface area (Å²) in [6.45, 7) is 10.1. The number of carbonyl (C=O) groups excluding carboxylic acids is 1. The Labute approximate surface area is 182 Å². The molecule has 2 aliphatic rings. The van der Waals surface area contributed by atoms with Crippen molar-refractivity contribution < 1.29 is 14.3 Å². The van der Waals surface area contributed by atoms with Gasteiger partial charge < -0.3 is 25.0 Å². The third-order valence-corrected chi connectivity index (χ3v) is 6.04. The highest BCUT2D eigenvalue weighted by Crippen LogP contribution is 2.36. The van der Waals surface area contributed by atoms with Gasteiger partial charge in [-0.25, -0.2) is 4.99 Å². The zero-order valence-electron chi connectivity index (χ0n) is 19.4. The summed E-state index contributed by atoms with van der Waals surface area (Å²) >= 11 is 0. The van der Waals surface area contributed by atoms with Crippen LogP contribution in [0.3, 0.4) is 0 Å². The second-order valence-corrected chi connectivity index (χ2v) is 8.73. The minimum absolute atomic E-state index is 0.00566. The van der Waals surface area contributed by atoms with E-state index in [0.717, 1.165) is 71.5 Å². The molecule has 2 fully saturated rings. The summed E-state index contributed by atoms with van der Waals surface area (Å²) < 4.78 is 11.0. The molecule has 8 nitrogen and oxygen atoms in total. The van der Waals surface area contributed by atoms with E-state index < -0.39 is 0 Å². The van der Waals surface area contributed by atoms with Gasteiger partial charge in [-0.1, -0.05) is 19.3 Å². The van der Waals surface area contributed by atoms with Gasteiger partial charge in [0.1, 0.15) is 6.54 Å². The Balaban J connectivity index is 1.95. The Kier molecular flexibility index (Phi) is 11.5. The first-order chi connectivity index (χ1) is 14.5. The van der Waals surface area contributed by atoms with E-state index >= 15 is 0 Å². The molecule has 8 heteroatoms. The molecule has 30 heavy (non-hydrogen) atoms. The van der Waals surface area contributed by atoms with E-state index in [1.807, 2.05) is 6.92 Å². The summed E-state index contributed by atoms with van der Waals surface area (Å²) in [5.74, 6) is 0.736. The Morgan fingerprint density at radius 3 is 2.57 bits per heavy atom. The van der Waals surface area contributed by atoms with Crippen LogP contribution in [0.5, 0.6) is 0 Å². The van der Waals surface area contributed by atoms with Crippen LogP contribution in [0.15, 0.2) is 4.99 Å². The van der Waals surface area contributed by atoms with E-state index in [0.29, 0.717) is 0 Å². The van der Waals surface area contributed by atoms with Crippen LogP contribution >= 0.6 is 0 Å². The average Bonchev–Trinajstić information content (AvgIpc) is 2.76. The normalized spacial score (nSPS) is 20.0. The number of morpholine rings is 1. The number of aliphatic imine (C=N–C) groups is 1. The quantitative estimate of drug-likeness (QED) is 0.295. The molecule has 0 bridgehead atoms. The van der Waals surface area contributed by atoms with Gasteiger partial charge in [0.2, 0.25) is 5.91 Å². The lowest BCUT2D eigenvalue weighted by Gasteiger charge is -2.42. The molecule has 0 radical (unpaired) electrons. The van der Waals surface area contributed by atoms with Gasteiger partial charge >= 0.3 is 0 Å². The van der Waals surface area contributed by atoms with E-state index in [1.54, 1.807) is 19.0 Å². The fourth-order valence-electron chi connectivity index (χ4n) is 4.19. The lowest BCUT2D eigenvalue weighted by molar-refractivity contribution is -0.127. The van der Waals surface area contributed by atoms with E-state index in [1.165, 1.54) is 32.1 Å². The number of nitrogens with zero attached hydrogens (tertiary/aromatic N) is 3. The van der Waals surface area contributed by atoms with E-state index in [4.69, 9.17) is 9.47 Å². The van der Waals surface area contributed by atoms with Gasteiger partial charge in [-0.15, -0.1) is 0 Å². The van der Waals surface area contributed by atoms with Crippen molar-refractivity contribution in [1.29, 1.82) is 0 Å². The van der Waals surface area contributed by atoms with Gasteiger partial charge in [0.25, 0.3) is 0 Å². The van der Waals surface area contributed by atoms with E-state index in [2.05, 4.69) is 20.5 Å². The molecule has 1 aliphatic heterocycles. The van der Waals surface area contributed by atoms with Crippen LogP contribution in [-0.2, 0) is 14.3 Å². The first-order valence-electron chi connectivity index (χ1n) is 11.6. The number of hydrogen-bond acceptors (Lipinski definition) is 5.